The molecule has 15 heavy (non-hydrogen) atoms. The summed E-state index contributed by atoms with van der Waals surface area (Å²) in [6, 6.07) is 4.20. The van der Waals surface area contributed by atoms with E-state index < -0.39 is 5.82 Å². The second-order valence-electron chi connectivity index (χ2n) is 3.26. The van der Waals surface area contributed by atoms with Gasteiger partial charge in [-0.05, 0) is 6.07 Å². The summed E-state index contributed by atoms with van der Waals surface area (Å²) in [5, 5.41) is 8.62. The zero-order valence-corrected chi connectivity index (χ0v) is 7.87. The van der Waals surface area contributed by atoms with Gasteiger partial charge in [-0.25, -0.2) is 4.39 Å². The van der Waals surface area contributed by atoms with Crippen molar-refractivity contribution in [1.29, 1.82) is 5.26 Å². The van der Waals surface area contributed by atoms with Crippen LogP contribution in [0.2, 0.25) is 0 Å². The third-order valence-corrected chi connectivity index (χ3v) is 2.13. The quantitative estimate of drug-likeness (QED) is 0.738. The van der Waals surface area contributed by atoms with Crippen molar-refractivity contribution in [2.24, 2.45) is 0 Å². The van der Waals surface area contributed by atoms with E-state index in [1.54, 1.807) is 6.07 Å². The van der Waals surface area contributed by atoms with Crippen LogP contribution >= 0.6 is 0 Å². The molecule has 2 rings (SSSR count). The summed E-state index contributed by atoms with van der Waals surface area (Å²) in [6.07, 6.45) is -0.119. The molecule has 1 aliphatic rings. The van der Waals surface area contributed by atoms with Crippen molar-refractivity contribution >= 4 is 5.69 Å². The maximum absolute atomic E-state index is 13.4. The molecule has 2 N–H and O–H groups in total. The maximum atomic E-state index is 13.4. The number of nitrogens with zero attached hydrogens (tertiary/aromatic N) is 1. The van der Waals surface area contributed by atoms with E-state index in [0.29, 0.717) is 13.2 Å². The van der Waals surface area contributed by atoms with Gasteiger partial charge in [0, 0.05) is 6.07 Å². The molecule has 0 amide bonds. The number of nitrogens with two attached hydrogens (primary N) is 1. The molecule has 1 aliphatic heterocycles. The number of ether oxygens (including phenoxy) is 2. The maximum Gasteiger partial charge on any atom is 0.166 e. The van der Waals surface area contributed by atoms with Gasteiger partial charge in [0.1, 0.15) is 12.2 Å². The first kappa shape index (κ1) is 9.74. The predicted molar refractivity (Wildman–Crippen MR) is 50.8 cm³/mol. The fraction of sp³-hybridized carbons (Fsp3) is 0.300. The van der Waals surface area contributed by atoms with Crippen LogP contribution in [0.15, 0.2) is 12.1 Å². The minimum absolute atomic E-state index is 0.0693. The van der Waals surface area contributed by atoms with Crippen LogP contribution in [-0.4, -0.2) is 19.3 Å². The van der Waals surface area contributed by atoms with Gasteiger partial charge in [0.2, 0.25) is 0 Å². The summed E-state index contributed by atoms with van der Waals surface area (Å²) in [4.78, 5) is 0. The highest BCUT2D eigenvalue weighted by atomic mass is 19.1. The zero-order valence-electron chi connectivity index (χ0n) is 7.87. The molecule has 0 unspecified atom stereocenters. The van der Waals surface area contributed by atoms with Gasteiger partial charge in [0.25, 0.3) is 0 Å². The van der Waals surface area contributed by atoms with E-state index in [9.17, 15) is 4.39 Å². The van der Waals surface area contributed by atoms with Crippen molar-refractivity contribution < 1.29 is 13.9 Å². The van der Waals surface area contributed by atoms with Crippen molar-refractivity contribution in [3.05, 3.63) is 23.5 Å². The van der Waals surface area contributed by atoms with Gasteiger partial charge in [-0.3, -0.25) is 0 Å². The molecule has 0 bridgehead atoms. The summed E-state index contributed by atoms with van der Waals surface area (Å²) in [7, 11) is 0. The van der Waals surface area contributed by atoms with E-state index in [0.717, 1.165) is 6.07 Å². The van der Waals surface area contributed by atoms with Gasteiger partial charge in [0.15, 0.2) is 11.6 Å². The van der Waals surface area contributed by atoms with Gasteiger partial charge < -0.3 is 15.2 Å². The van der Waals surface area contributed by atoms with Crippen molar-refractivity contribution in [3.63, 3.8) is 0 Å². The molecule has 0 aromatic heterocycles. The molecule has 5 heteroatoms. The predicted octanol–water partition coefficient (Wildman–Crippen LogP) is 1.06. The lowest BCUT2D eigenvalue weighted by molar-refractivity contribution is -0.0808. The number of anilines is 1. The Morgan fingerprint density at radius 3 is 2.80 bits per heavy atom. The first-order valence-corrected chi connectivity index (χ1v) is 4.44. The number of nitriles is 1. The third kappa shape index (κ3) is 1.85. The van der Waals surface area contributed by atoms with Crippen molar-refractivity contribution in [2.45, 2.75) is 6.10 Å². The van der Waals surface area contributed by atoms with Crippen molar-refractivity contribution in [1.82, 2.24) is 0 Å². The molecule has 0 radical (unpaired) electrons. The summed E-state index contributed by atoms with van der Waals surface area (Å²) < 4.78 is 23.5. The van der Waals surface area contributed by atoms with Crippen LogP contribution in [0.5, 0.6) is 5.75 Å². The fourth-order valence-corrected chi connectivity index (χ4v) is 1.22. The summed E-state index contributed by atoms with van der Waals surface area (Å²) in [6.45, 7) is 0.915. The molecule has 4 nitrogen and oxygen atoms in total. The monoisotopic (exact) mass is 208 g/mol. The van der Waals surface area contributed by atoms with Gasteiger partial charge in [-0.15, -0.1) is 0 Å². The van der Waals surface area contributed by atoms with Crippen molar-refractivity contribution in [3.8, 4) is 11.8 Å². The number of halogens is 1. The minimum atomic E-state index is -0.576. The first-order valence-electron chi connectivity index (χ1n) is 4.44. The van der Waals surface area contributed by atoms with E-state index in [2.05, 4.69) is 0 Å². The highest BCUT2D eigenvalue weighted by molar-refractivity contribution is 5.57. The molecular weight excluding hydrogens is 199 g/mol. The van der Waals surface area contributed by atoms with E-state index in [4.69, 9.17) is 20.5 Å². The third-order valence-electron chi connectivity index (χ3n) is 2.13. The number of benzene rings is 1. The summed E-state index contributed by atoms with van der Waals surface area (Å²) in [5.41, 5.74) is 5.87. The Bertz CT molecular complexity index is 424. The van der Waals surface area contributed by atoms with Gasteiger partial charge in [-0.2, -0.15) is 5.26 Å². The molecule has 1 fully saturated rings. The molecule has 1 aromatic rings. The first-order chi connectivity index (χ1) is 7.20. The molecule has 0 atom stereocenters. The molecule has 1 saturated heterocycles. The smallest absolute Gasteiger partial charge is 0.166 e. The Kier molecular flexibility index (Phi) is 2.44. The lowest BCUT2D eigenvalue weighted by Crippen LogP contribution is -2.38. The van der Waals surface area contributed by atoms with Gasteiger partial charge in [-0.1, -0.05) is 0 Å². The topological polar surface area (TPSA) is 68.3 Å². The lowest BCUT2D eigenvalue weighted by atomic mass is 10.2. The van der Waals surface area contributed by atoms with Gasteiger partial charge >= 0.3 is 0 Å². The molecule has 0 aliphatic carbocycles. The zero-order chi connectivity index (χ0) is 10.8. The van der Waals surface area contributed by atoms with Crippen LogP contribution in [0.1, 0.15) is 5.56 Å². The normalized spacial score (nSPS) is 15.5. The number of rotatable bonds is 2. The molecule has 1 aromatic carbocycles. The molecular formula is C10H9FN2O2. The highest BCUT2D eigenvalue weighted by Crippen LogP contribution is 2.25. The van der Waals surface area contributed by atoms with Crippen LogP contribution in [0.25, 0.3) is 0 Å². The lowest BCUT2D eigenvalue weighted by Gasteiger charge is -2.26. The Morgan fingerprint density at radius 2 is 2.27 bits per heavy atom. The SMILES string of the molecule is N#Cc1cc(F)c(OC2COC2)cc1N. The van der Waals surface area contributed by atoms with Crippen LogP contribution in [0.3, 0.4) is 0 Å². The summed E-state index contributed by atoms with van der Waals surface area (Å²) in [5.74, 6) is -0.507. The van der Waals surface area contributed by atoms with E-state index in [-0.39, 0.29) is 23.1 Å². The van der Waals surface area contributed by atoms with E-state index in [1.807, 2.05) is 0 Å². The standard InChI is InChI=1S/C10H9FN2O2/c11-8-1-6(3-12)9(13)2-10(8)15-7-4-14-5-7/h1-2,7H,4-5,13H2. The Hall–Kier alpha value is -1.80. The van der Waals surface area contributed by atoms with Crippen LogP contribution in [0, 0.1) is 17.1 Å². The van der Waals surface area contributed by atoms with Gasteiger partial charge in [0.05, 0.1) is 24.5 Å². The second-order valence-corrected chi connectivity index (χ2v) is 3.26. The molecule has 1 heterocycles. The largest absolute Gasteiger partial charge is 0.482 e. The second kappa shape index (κ2) is 3.75. The van der Waals surface area contributed by atoms with E-state index >= 15 is 0 Å². The van der Waals surface area contributed by atoms with Crippen molar-refractivity contribution in [2.75, 3.05) is 18.9 Å². The molecule has 0 saturated carbocycles. The fourth-order valence-electron chi connectivity index (χ4n) is 1.22. The average molecular weight is 208 g/mol. The minimum Gasteiger partial charge on any atom is -0.482 e. The highest BCUT2D eigenvalue weighted by Gasteiger charge is 2.22. The molecule has 78 valence electrons. The number of nitrogen functional groups attached to an aromatic ring is 1. The molecule has 0 spiro atoms. The van der Waals surface area contributed by atoms with E-state index in [1.165, 1.54) is 6.07 Å². The summed E-state index contributed by atoms with van der Waals surface area (Å²) >= 11 is 0. The Labute approximate surface area is 86.0 Å². The number of hydrogen-bond donors (Lipinski definition) is 1. The van der Waals surface area contributed by atoms with Crippen LogP contribution in [-0.2, 0) is 4.74 Å². The average Bonchev–Trinajstić information content (AvgIpc) is 2.16. The Morgan fingerprint density at radius 1 is 1.53 bits per heavy atom. The number of hydrogen-bond acceptors (Lipinski definition) is 4. The van der Waals surface area contributed by atoms with Crippen LogP contribution < -0.4 is 10.5 Å². The Balaban J connectivity index is 2.24. The van der Waals surface area contributed by atoms with Crippen LogP contribution in [0.4, 0.5) is 10.1 Å².